The van der Waals surface area contributed by atoms with Crippen LogP contribution >= 0.6 is 0 Å². The van der Waals surface area contributed by atoms with Crippen molar-refractivity contribution in [1.82, 2.24) is 6.61 Å². The van der Waals surface area contributed by atoms with Gasteiger partial charge in [-0.3, -0.25) is 0 Å². The fourth-order valence-electron chi connectivity index (χ4n) is 3.42. The van der Waals surface area contributed by atoms with E-state index in [0.717, 1.165) is 0 Å². The third-order valence-corrected chi connectivity index (χ3v) is 23.8. The number of rotatable bonds is 4. The molecule has 0 saturated heterocycles. The van der Waals surface area contributed by atoms with Gasteiger partial charge in [-0.2, -0.15) is 0 Å². The van der Waals surface area contributed by atoms with Crippen LogP contribution in [0.25, 0.3) is 0 Å². The van der Waals surface area contributed by atoms with Crippen LogP contribution in [0.3, 0.4) is 0 Å². The van der Waals surface area contributed by atoms with Crippen LogP contribution in [0, 0.1) is 0 Å². The first-order valence-corrected chi connectivity index (χ1v) is 13.3. The van der Waals surface area contributed by atoms with Crippen LogP contribution in [0.2, 0.25) is 6.34 Å². The molecule has 0 atom stereocenters. The summed E-state index contributed by atoms with van der Waals surface area (Å²) in [5, 5.41) is 0. The van der Waals surface area contributed by atoms with E-state index in [1.165, 1.54) is 0 Å². The van der Waals surface area contributed by atoms with E-state index in [1.54, 1.807) is 0 Å². The molecule has 17 heavy (non-hydrogen) atoms. The number of allylic oxidation sites excluding steroid dienone is 8. The van der Waals surface area contributed by atoms with Crippen molar-refractivity contribution in [3.8, 4) is 0 Å². The van der Waals surface area contributed by atoms with Crippen LogP contribution in [-0.2, 0) is 20.5 Å². The molecule has 0 aliphatic heterocycles. The second kappa shape index (κ2) is 4.45. The van der Waals surface area contributed by atoms with Crippen molar-refractivity contribution in [1.29, 1.82) is 0 Å². The quantitative estimate of drug-likeness (QED) is 0.714. The Hall–Kier alpha value is -0.250. The summed E-state index contributed by atoms with van der Waals surface area (Å²) in [4.78, 5) is 0. The van der Waals surface area contributed by atoms with Crippen LogP contribution in [0.1, 0.15) is 13.8 Å². The summed E-state index contributed by atoms with van der Waals surface area (Å²) < 4.78 is 7.81. The first-order valence-electron chi connectivity index (χ1n) is 6.15. The van der Waals surface area contributed by atoms with Crippen molar-refractivity contribution in [2.45, 2.75) is 20.2 Å². The van der Waals surface area contributed by atoms with Crippen LogP contribution < -0.4 is 6.61 Å². The Morgan fingerprint density at radius 1 is 0.706 bits per heavy atom. The molecule has 0 spiro atoms. The van der Waals surface area contributed by atoms with Gasteiger partial charge in [-0.05, 0) is 0 Å². The van der Waals surface area contributed by atoms with E-state index in [9.17, 15) is 0 Å². The van der Waals surface area contributed by atoms with Gasteiger partial charge in [-0.1, -0.05) is 0 Å². The van der Waals surface area contributed by atoms with E-state index in [0.29, 0.717) is 0 Å². The summed E-state index contributed by atoms with van der Waals surface area (Å²) in [6.07, 6.45) is 18.1. The van der Waals surface area contributed by atoms with Gasteiger partial charge < -0.3 is 0 Å². The summed E-state index contributed by atoms with van der Waals surface area (Å²) in [7, 11) is 4.24. The van der Waals surface area contributed by atoms with Gasteiger partial charge >= 0.3 is 110 Å². The zero-order valence-corrected chi connectivity index (χ0v) is 14.7. The molecule has 0 radical (unpaired) electrons. The Balaban J connectivity index is 2.54. The Bertz CT molecular complexity index is 354. The molecule has 2 nitrogen and oxygen atoms in total. The fraction of sp³-hybridized carbons (Fsp3) is 0.429. The van der Waals surface area contributed by atoms with Gasteiger partial charge in [0.05, 0.1) is 0 Å². The molecular formula is C14H22HfN2. The second-order valence-electron chi connectivity index (χ2n) is 5.25. The molecule has 0 heterocycles. The predicted octanol–water partition coefficient (Wildman–Crippen LogP) is 3.02. The van der Waals surface area contributed by atoms with Gasteiger partial charge in [-0.25, -0.2) is 0 Å². The van der Waals surface area contributed by atoms with Crippen LogP contribution in [-0.4, -0.2) is 14.1 Å². The molecule has 2 aliphatic carbocycles. The van der Waals surface area contributed by atoms with E-state index in [-0.39, 0.29) is 6.34 Å². The average molecular weight is 397 g/mol. The normalized spacial score (nSPS) is 23.8. The Morgan fingerprint density at radius 2 is 1.00 bits per heavy atom. The molecule has 0 amide bonds. The zero-order valence-electron chi connectivity index (χ0n) is 11.1. The van der Waals surface area contributed by atoms with Crippen molar-refractivity contribution >= 4 is 0 Å². The molecule has 0 fully saturated rings. The van der Waals surface area contributed by atoms with E-state index < -0.39 is 20.5 Å². The molecule has 3 heteroatoms. The second-order valence-corrected chi connectivity index (χ2v) is 22.0. The van der Waals surface area contributed by atoms with Gasteiger partial charge in [0.1, 0.15) is 0 Å². The van der Waals surface area contributed by atoms with Crippen molar-refractivity contribution in [3.63, 3.8) is 0 Å². The number of hydrogen-bond acceptors (Lipinski definition) is 2. The molecule has 92 valence electrons. The van der Waals surface area contributed by atoms with Crippen LogP contribution in [0.15, 0.2) is 48.6 Å². The third-order valence-electron chi connectivity index (χ3n) is 4.36. The van der Waals surface area contributed by atoms with Gasteiger partial charge in [-0.15, -0.1) is 0 Å². The molecule has 0 aromatic carbocycles. The molecule has 2 aliphatic rings. The minimum absolute atomic E-state index is 0.171. The first-order chi connectivity index (χ1) is 8.04. The maximum atomic E-state index is 3.74. The van der Waals surface area contributed by atoms with E-state index in [4.69, 9.17) is 0 Å². The molecule has 0 saturated carbocycles. The molecule has 0 unspecified atom stereocenters. The van der Waals surface area contributed by atoms with Crippen molar-refractivity contribution in [2.75, 3.05) is 14.1 Å². The average Bonchev–Trinajstić information content (AvgIpc) is 2.92. The monoisotopic (exact) mass is 398 g/mol. The predicted molar refractivity (Wildman–Crippen MR) is 71.4 cm³/mol. The molecule has 0 aromatic rings. The minimum atomic E-state index is -3.02. The molecular weight excluding hydrogens is 375 g/mol. The van der Waals surface area contributed by atoms with Crippen molar-refractivity contribution < 1.29 is 20.5 Å². The summed E-state index contributed by atoms with van der Waals surface area (Å²) >= 11 is -3.02. The van der Waals surface area contributed by atoms with E-state index in [1.807, 2.05) is 0 Å². The van der Waals surface area contributed by atoms with Crippen molar-refractivity contribution in [3.05, 3.63) is 48.6 Å². The zero-order chi connectivity index (χ0) is 12.6. The number of nitrogens with one attached hydrogen (secondary N) is 2. The number of hydrogen-bond donors (Lipinski definition) is 2. The van der Waals surface area contributed by atoms with Gasteiger partial charge in [0.15, 0.2) is 0 Å². The molecule has 2 rings (SSSR count). The van der Waals surface area contributed by atoms with Crippen molar-refractivity contribution in [2.24, 2.45) is 0 Å². The molecule has 0 bridgehead atoms. The summed E-state index contributed by atoms with van der Waals surface area (Å²) in [6, 6.07) is 0. The van der Waals surface area contributed by atoms with Gasteiger partial charge in [0.25, 0.3) is 0 Å². The topological polar surface area (TPSA) is 24.1 Å². The maximum absolute atomic E-state index is 3.74. The van der Waals surface area contributed by atoms with E-state index in [2.05, 4.69) is 83.2 Å². The first kappa shape index (κ1) is 13.2. The Kier molecular flexibility index (Phi) is 3.45. The molecule has 0 aromatic heterocycles. The Labute approximate surface area is 110 Å². The SMILES string of the molecule is C[NH][Hf]([NH]C)([C]1(C)C=CC=C1)[C]1(C)C=CC=C1. The Morgan fingerprint density at radius 3 is 1.24 bits per heavy atom. The fourth-order valence-corrected chi connectivity index (χ4v) is 21.2. The summed E-state index contributed by atoms with van der Waals surface area (Å²) in [5.41, 5.74) is 0. The van der Waals surface area contributed by atoms with Gasteiger partial charge in [0.2, 0.25) is 0 Å². The third kappa shape index (κ3) is 1.71. The standard InChI is InChI=1S/2C6H7.2CH4N.Hf/c2*1-6-4-2-3-5-6;2*1-2;/h2*2-5H,1H3;2*2H,1H3;/q;;2*-1;+2. The summed E-state index contributed by atoms with van der Waals surface area (Å²) in [6.45, 7) is 4.71. The van der Waals surface area contributed by atoms with E-state index >= 15 is 0 Å². The molecule has 2 N–H and O–H groups in total. The summed E-state index contributed by atoms with van der Waals surface area (Å²) in [5.74, 6) is 0. The van der Waals surface area contributed by atoms with Crippen LogP contribution in [0.4, 0.5) is 0 Å². The van der Waals surface area contributed by atoms with Gasteiger partial charge in [0, 0.05) is 0 Å². The van der Waals surface area contributed by atoms with Crippen LogP contribution in [0.5, 0.6) is 0 Å².